The number of benzene rings is 2. The molecule has 230 valence electrons. The molecule has 0 aromatic heterocycles. The largest absolute Gasteiger partial charge is 0.508 e. The van der Waals surface area contributed by atoms with Crippen LogP contribution in [0, 0.1) is 0 Å². The van der Waals surface area contributed by atoms with Crippen molar-refractivity contribution in [2.75, 3.05) is 6.61 Å². The molecule has 5 N–H and O–H groups in total. The summed E-state index contributed by atoms with van der Waals surface area (Å²) in [5, 5.41) is 51.5. The minimum Gasteiger partial charge on any atom is -0.508 e. The number of esters is 1. The van der Waals surface area contributed by atoms with Crippen molar-refractivity contribution in [2.24, 2.45) is 0 Å². The van der Waals surface area contributed by atoms with Crippen LogP contribution in [0.25, 0.3) is 0 Å². The number of fused-ring (bicyclic) bond motifs is 1. The lowest BCUT2D eigenvalue weighted by Crippen LogP contribution is -2.60. The van der Waals surface area contributed by atoms with Gasteiger partial charge in [-0.1, -0.05) is 57.6 Å². The smallest absolute Gasteiger partial charge is 0.305 e. The van der Waals surface area contributed by atoms with Crippen LogP contribution in [-0.4, -0.2) is 74.6 Å². The Balaban J connectivity index is 1.36. The molecule has 1 saturated heterocycles. The summed E-state index contributed by atoms with van der Waals surface area (Å²) in [6, 6.07) is 8.70. The second kappa shape index (κ2) is 14.7. The minimum atomic E-state index is -1.68. The maximum atomic E-state index is 12.8. The van der Waals surface area contributed by atoms with Crippen LogP contribution in [0.15, 0.2) is 36.4 Å². The molecule has 0 bridgehead atoms. The van der Waals surface area contributed by atoms with Gasteiger partial charge in [-0.3, -0.25) is 9.59 Å². The van der Waals surface area contributed by atoms with Gasteiger partial charge >= 0.3 is 5.97 Å². The third-order valence-corrected chi connectivity index (χ3v) is 7.55. The van der Waals surface area contributed by atoms with E-state index < -0.39 is 48.5 Å². The molecule has 0 spiro atoms. The number of aliphatic hydroxyl groups excluding tert-OH is 3. The Labute approximate surface area is 244 Å². The maximum absolute atomic E-state index is 12.8. The number of rotatable bonds is 13. The first-order valence-electron chi connectivity index (χ1n) is 14.6. The zero-order valence-corrected chi connectivity index (χ0v) is 23.7. The Morgan fingerprint density at radius 1 is 0.929 bits per heavy atom. The SMILES string of the molecule is CCCCCCCCCC(=O)OC[C@H]1O[C@@H](Oc2cc(O)c3c(c2)O[C@H](c2ccc(O)cc2)CC3=O)[C@H](O)[C@@H](O)[C@@H]1O. The van der Waals surface area contributed by atoms with E-state index in [-0.39, 0.29) is 48.0 Å². The number of aromatic hydroxyl groups is 2. The number of carbonyl (C=O) groups is 2. The van der Waals surface area contributed by atoms with E-state index in [0.29, 0.717) is 12.0 Å². The van der Waals surface area contributed by atoms with Gasteiger partial charge in [0.25, 0.3) is 0 Å². The molecular weight excluding hydrogens is 548 g/mol. The van der Waals surface area contributed by atoms with Crippen molar-refractivity contribution >= 4 is 11.8 Å². The fourth-order valence-corrected chi connectivity index (χ4v) is 5.12. The highest BCUT2D eigenvalue weighted by atomic mass is 16.7. The molecule has 4 rings (SSSR count). The monoisotopic (exact) mass is 588 g/mol. The van der Waals surface area contributed by atoms with Gasteiger partial charge in [-0.2, -0.15) is 0 Å². The van der Waals surface area contributed by atoms with E-state index >= 15 is 0 Å². The third kappa shape index (κ3) is 7.91. The third-order valence-electron chi connectivity index (χ3n) is 7.55. The molecule has 11 heteroatoms. The van der Waals surface area contributed by atoms with Crippen LogP contribution >= 0.6 is 0 Å². The molecule has 0 radical (unpaired) electrons. The van der Waals surface area contributed by atoms with E-state index in [0.717, 1.165) is 25.3 Å². The van der Waals surface area contributed by atoms with Crippen molar-refractivity contribution in [3.63, 3.8) is 0 Å². The fraction of sp³-hybridized carbons (Fsp3) is 0.548. The van der Waals surface area contributed by atoms with Gasteiger partial charge in [-0.25, -0.2) is 0 Å². The summed E-state index contributed by atoms with van der Waals surface area (Å²) >= 11 is 0. The molecular formula is C31H40O11. The van der Waals surface area contributed by atoms with Crippen LogP contribution in [-0.2, 0) is 14.3 Å². The highest BCUT2D eigenvalue weighted by Crippen LogP contribution is 2.42. The summed E-state index contributed by atoms with van der Waals surface area (Å²) in [5.74, 6) is -1.15. The van der Waals surface area contributed by atoms with Crippen molar-refractivity contribution in [3.05, 3.63) is 47.5 Å². The van der Waals surface area contributed by atoms with Gasteiger partial charge in [0, 0.05) is 18.6 Å². The van der Waals surface area contributed by atoms with Gasteiger partial charge in [0.1, 0.15) is 65.7 Å². The van der Waals surface area contributed by atoms with Gasteiger partial charge < -0.3 is 44.5 Å². The second-order valence-electron chi connectivity index (χ2n) is 10.8. The quantitative estimate of drug-likeness (QED) is 0.171. The lowest BCUT2D eigenvalue weighted by molar-refractivity contribution is -0.278. The fourth-order valence-electron chi connectivity index (χ4n) is 5.12. The van der Waals surface area contributed by atoms with Crippen LogP contribution in [0.2, 0.25) is 0 Å². The lowest BCUT2D eigenvalue weighted by atomic mass is 9.95. The van der Waals surface area contributed by atoms with E-state index in [1.54, 1.807) is 12.1 Å². The van der Waals surface area contributed by atoms with Crippen molar-refractivity contribution in [1.29, 1.82) is 0 Å². The summed E-state index contributed by atoms with van der Waals surface area (Å²) in [6.45, 7) is 1.80. The molecule has 1 fully saturated rings. The number of hydrogen-bond acceptors (Lipinski definition) is 11. The number of ether oxygens (including phenoxy) is 4. The zero-order chi connectivity index (χ0) is 30.2. The summed E-state index contributed by atoms with van der Waals surface area (Å²) in [5.41, 5.74) is 0.619. The minimum absolute atomic E-state index is 0.0244. The number of hydrogen-bond donors (Lipinski definition) is 5. The number of phenolic OH excluding ortho intramolecular Hbond substituents is 2. The average Bonchev–Trinajstić information content (AvgIpc) is 2.96. The topological polar surface area (TPSA) is 172 Å². The molecule has 0 amide bonds. The molecule has 2 aliphatic heterocycles. The number of phenols is 2. The summed E-state index contributed by atoms with van der Waals surface area (Å²) in [6.07, 6.45) is -0.696. The molecule has 42 heavy (non-hydrogen) atoms. The number of ketones is 1. The first-order valence-corrected chi connectivity index (χ1v) is 14.6. The summed E-state index contributed by atoms with van der Waals surface area (Å²) in [7, 11) is 0. The molecule has 6 atom stereocenters. The molecule has 2 aromatic carbocycles. The number of aliphatic hydroxyl groups is 3. The van der Waals surface area contributed by atoms with Crippen LogP contribution < -0.4 is 9.47 Å². The standard InChI is InChI=1S/C31H40O11/c1-2-3-4-5-6-7-8-9-26(35)39-17-25-28(36)29(37)30(38)31(42-25)40-20-14-21(33)27-22(34)16-23(41-24(27)15-20)18-10-12-19(32)13-11-18/h10-15,23,25,28-33,36-38H,2-9,16-17H2,1H3/t23-,25+,28+,29-,30+,31+/m0/s1. The van der Waals surface area contributed by atoms with Crippen LogP contribution in [0.1, 0.15) is 86.7 Å². The van der Waals surface area contributed by atoms with Crippen molar-refractivity contribution in [2.45, 2.75) is 102 Å². The molecule has 0 unspecified atom stereocenters. The Morgan fingerprint density at radius 2 is 1.62 bits per heavy atom. The van der Waals surface area contributed by atoms with E-state index in [1.165, 1.54) is 37.5 Å². The van der Waals surface area contributed by atoms with Gasteiger partial charge in [-0.05, 0) is 24.1 Å². The Hall–Kier alpha value is -3.38. The van der Waals surface area contributed by atoms with Gasteiger partial charge in [0.05, 0.1) is 6.42 Å². The number of unbranched alkanes of at least 4 members (excludes halogenated alkanes) is 6. The molecule has 2 aromatic rings. The van der Waals surface area contributed by atoms with Crippen LogP contribution in [0.4, 0.5) is 0 Å². The normalized spacial score (nSPS) is 25.4. The molecule has 0 saturated carbocycles. The first-order chi connectivity index (χ1) is 20.2. The Bertz CT molecular complexity index is 1200. The van der Waals surface area contributed by atoms with Gasteiger partial charge in [-0.15, -0.1) is 0 Å². The summed E-state index contributed by atoms with van der Waals surface area (Å²) in [4.78, 5) is 25.0. The highest BCUT2D eigenvalue weighted by Gasteiger charge is 2.45. The van der Waals surface area contributed by atoms with Crippen molar-refractivity contribution in [1.82, 2.24) is 0 Å². The number of carbonyl (C=O) groups excluding carboxylic acids is 2. The predicted octanol–water partition coefficient (Wildman–Crippen LogP) is 3.67. The predicted molar refractivity (Wildman–Crippen MR) is 149 cm³/mol. The maximum Gasteiger partial charge on any atom is 0.305 e. The van der Waals surface area contributed by atoms with E-state index in [4.69, 9.17) is 18.9 Å². The van der Waals surface area contributed by atoms with Gasteiger partial charge in [0.15, 0.2) is 5.78 Å². The van der Waals surface area contributed by atoms with Gasteiger partial charge in [0.2, 0.25) is 6.29 Å². The first kappa shape index (κ1) is 31.6. The second-order valence-corrected chi connectivity index (χ2v) is 10.8. The van der Waals surface area contributed by atoms with Crippen molar-refractivity contribution < 1.29 is 54.1 Å². The lowest BCUT2D eigenvalue weighted by Gasteiger charge is -2.40. The Morgan fingerprint density at radius 3 is 2.33 bits per heavy atom. The summed E-state index contributed by atoms with van der Waals surface area (Å²) < 4.78 is 22.6. The molecule has 0 aliphatic carbocycles. The average molecular weight is 589 g/mol. The molecule has 11 nitrogen and oxygen atoms in total. The van der Waals surface area contributed by atoms with Crippen LogP contribution in [0.5, 0.6) is 23.0 Å². The van der Waals surface area contributed by atoms with E-state index in [2.05, 4.69) is 6.92 Å². The van der Waals surface area contributed by atoms with E-state index in [9.17, 15) is 35.1 Å². The van der Waals surface area contributed by atoms with E-state index in [1.807, 2.05) is 0 Å². The van der Waals surface area contributed by atoms with Crippen molar-refractivity contribution in [3.8, 4) is 23.0 Å². The zero-order valence-electron chi connectivity index (χ0n) is 23.7. The van der Waals surface area contributed by atoms with Crippen LogP contribution in [0.3, 0.4) is 0 Å². The molecule has 2 aliphatic rings. The Kier molecular flexibility index (Phi) is 11.0. The molecule has 2 heterocycles. The number of Topliss-reactive ketones (excluding diaryl/α,β-unsaturated/α-hetero) is 1. The highest BCUT2D eigenvalue weighted by molar-refractivity contribution is 6.02.